The van der Waals surface area contributed by atoms with Crippen LogP contribution in [0.1, 0.15) is 25.0 Å². The highest BCUT2D eigenvalue weighted by atomic mass is 79.9. The predicted molar refractivity (Wildman–Crippen MR) is 61.5 cm³/mol. The van der Waals surface area contributed by atoms with Gasteiger partial charge in [0.15, 0.2) is 0 Å². The van der Waals surface area contributed by atoms with E-state index in [4.69, 9.17) is 4.42 Å². The number of hydrogen-bond donors (Lipinski definition) is 2. The highest BCUT2D eigenvalue weighted by molar-refractivity contribution is 9.10. The smallest absolute Gasteiger partial charge is 0.131 e. The van der Waals surface area contributed by atoms with Crippen molar-refractivity contribution in [2.24, 2.45) is 5.92 Å². The van der Waals surface area contributed by atoms with Crippen molar-refractivity contribution in [3.8, 4) is 0 Å². The first kappa shape index (κ1) is 11.2. The van der Waals surface area contributed by atoms with Crippen LogP contribution in [0, 0.1) is 5.92 Å². The summed E-state index contributed by atoms with van der Waals surface area (Å²) in [6.45, 7) is 1.71. The molecule has 1 aromatic rings. The van der Waals surface area contributed by atoms with Crippen LogP contribution in [0.4, 0.5) is 0 Å². The fraction of sp³-hybridized carbons (Fsp3) is 0.636. The number of aliphatic hydroxyl groups is 1. The third kappa shape index (κ3) is 3.06. The van der Waals surface area contributed by atoms with E-state index in [0.29, 0.717) is 5.92 Å². The van der Waals surface area contributed by atoms with Gasteiger partial charge in [0.05, 0.1) is 23.4 Å². The molecule has 1 heterocycles. The third-order valence-corrected chi connectivity index (χ3v) is 3.63. The van der Waals surface area contributed by atoms with Crippen LogP contribution in [-0.2, 0) is 6.54 Å². The van der Waals surface area contributed by atoms with Crippen molar-refractivity contribution in [1.29, 1.82) is 0 Å². The first-order chi connectivity index (χ1) is 7.25. The van der Waals surface area contributed by atoms with Crippen LogP contribution in [0.2, 0.25) is 0 Å². The van der Waals surface area contributed by atoms with E-state index < -0.39 is 0 Å². The van der Waals surface area contributed by atoms with Gasteiger partial charge in [-0.1, -0.05) is 0 Å². The standard InChI is InChI=1S/C11H16BrNO2/c12-10-3-4-15-11(10)7-13-6-8-1-2-9(14)5-8/h3-4,8-9,13-14H,1-2,5-7H2. The van der Waals surface area contributed by atoms with Gasteiger partial charge in [0.25, 0.3) is 0 Å². The van der Waals surface area contributed by atoms with Crippen LogP contribution in [-0.4, -0.2) is 17.8 Å². The van der Waals surface area contributed by atoms with Crippen molar-refractivity contribution in [3.05, 3.63) is 22.6 Å². The van der Waals surface area contributed by atoms with E-state index in [9.17, 15) is 5.11 Å². The first-order valence-electron chi connectivity index (χ1n) is 5.36. The Balaban J connectivity index is 1.69. The van der Waals surface area contributed by atoms with Gasteiger partial charge in [-0.2, -0.15) is 0 Å². The van der Waals surface area contributed by atoms with Gasteiger partial charge in [0.1, 0.15) is 5.76 Å². The van der Waals surface area contributed by atoms with Gasteiger partial charge in [0.2, 0.25) is 0 Å². The molecule has 3 nitrogen and oxygen atoms in total. The van der Waals surface area contributed by atoms with Gasteiger partial charge in [0, 0.05) is 0 Å². The van der Waals surface area contributed by atoms with Gasteiger partial charge in [-0.15, -0.1) is 0 Å². The Morgan fingerprint density at radius 1 is 1.53 bits per heavy atom. The van der Waals surface area contributed by atoms with E-state index in [1.807, 2.05) is 6.07 Å². The summed E-state index contributed by atoms with van der Waals surface area (Å²) < 4.78 is 6.31. The quantitative estimate of drug-likeness (QED) is 0.885. The van der Waals surface area contributed by atoms with E-state index in [0.717, 1.165) is 42.6 Å². The summed E-state index contributed by atoms with van der Waals surface area (Å²) in [5.41, 5.74) is 0. The summed E-state index contributed by atoms with van der Waals surface area (Å²) in [6.07, 6.45) is 4.63. The summed E-state index contributed by atoms with van der Waals surface area (Å²) in [4.78, 5) is 0. The van der Waals surface area contributed by atoms with Crippen molar-refractivity contribution in [2.45, 2.75) is 31.9 Å². The number of furan rings is 1. The average molecular weight is 274 g/mol. The largest absolute Gasteiger partial charge is 0.467 e. The molecular weight excluding hydrogens is 258 g/mol. The molecule has 2 atom stereocenters. The Morgan fingerprint density at radius 3 is 3.00 bits per heavy atom. The molecule has 0 radical (unpaired) electrons. The number of rotatable bonds is 4. The Hall–Kier alpha value is -0.320. The molecule has 1 fully saturated rings. The lowest BCUT2D eigenvalue weighted by Crippen LogP contribution is -2.21. The maximum absolute atomic E-state index is 9.37. The Kier molecular flexibility index (Phi) is 3.83. The molecule has 4 heteroatoms. The molecule has 0 amide bonds. The minimum Gasteiger partial charge on any atom is -0.467 e. The maximum atomic E-state index is 9.37. The fourth-order valence-corrected chi connectivity index (χ4v) is 2.42. The SMILES string of the molecule is OC1CCC(CNCc2occc2Br)C1. The molecule has 0 spiro atoms. The average Bonchev–Trinajstić information content (AvgIpc) is 2.77. The van der Waals surface area contributed by atoms with Crippen LogP contribution in [0.3, 0.4) is 0 Å². The Bertz CT molecular complexity index is 313. The summed E-state index contributed by atoms with van der Waals surface area (Å²) >= 11 is 3.42. The number of nitrogens with one attached hydrogen (secondary N) is 1. The zero-order chi connectivity index (χ0) is 10.7. The van der Waals surface area contributed by atoms with Crippen molar-refractivity contribution in [2.75, 3.05) is 6.54 Å². The highest BCUT2D eigenvalue weighted by Gasteiger charge is 2.22. The summed E-state index contributed by atoms with van der Waals surface area (Å²) in [5, 5.41) is 12.7. The van der Waals surface area contributed by atoms with Crippen molar-refractivity contribution in [1.82, 2.24) is 5.32 Å². The minimum atomic E-state index is -0.0767. The van der Waals surface area contributed by atoms with Crippen LogP contribution in [0.15, 0.2) is 21.2 Å². The van der Waals surface area contributed by atoms with Crippen molar-refractivity contribution < 1.29 is 9.52 Å². The van der Waals surface area contributed by atoms with E-state index >= 15 is 0 Å². The van der Waals surface area contributed by atoms with Gasteiger partial charge in [-0.3, -0.25) is 0 Å². The van der Waals surface area contributed by atoms with Gasteiger partial charge in [-0.05, 0) is 53.7 Å². The van der Waals surface area contributed by atoms with Crippen molar-refractivity contribution in [3.63, 3.8) is 0 Å². The third-order valence-electron chi connectivity index (χ3n) is 2.92. The second-order valence-corrected chi connectivity index (χ2v) is 5.01. The zero-order valence-electron chi connectivity index (χ0n) is 8.58. The molecule has 1 aromatic heterocycles. The molecule has 0 bridgehead atoms. The molecule has 2 rings (SSSR count). The topological polar surface area (TPSA) is 45.4 Å². The molecular formula is C11H16BrNO2. The number of aliphatic hydroxyl groups excluding tert-OH is 1. The molecule has 1 aliphatic carbocycles. The second-order valence-electron chi connectivity index (χ2n) is 4.16. The number of halogens is 1. The van der Waals surface area contributed by atoms with E-state index in [1.54, 1.807) is 6.26 Å². The maximum Gasteiger partial charge on any atom is 0.131 e. The fourth-order valence-electron chi connectivity index (χ4n) is 2.08. The lowest BCUT2D eigenvalue weighted by Gasteiger charge is -2.09. The summed E-state index contributed by atoms with van der Waals surface area (Å²) in [5.74, 6) is 1.56. The molecule has 2 unspecified atom stereocenters. The lowest BCUT2D eigenvalue weighted by atomic mass is 10.1. The molecule has 0 saturated heterocycles. The van der Waals surface area contributed by atoms with Crippen LogP contribution in [0.5, 0.6) is 0 Å². The van der Waals surface area contributed by atoms with Crippen LogP contribution >= 0.6 is 15.9 Å². The molecule has 1 aliphatic rings. The van der Waals surface area contributed by atoms with Gasteiger partial charge < -0.3 is 14.8 Å². The Labute approximate surface area is 98.0 Å². The van der Waals surface area contributed by atoms with E-state index in [-0.39, 0.29) is 6.10 Å². The van der Waals surface area contributed by atoms with Crippen molar-refractivity contribution >= 4 is 15.9 Å². The highest BCUT2D eigenvalue weighted by Crippen LogP contribution is 2.24. The second kappa shape index (κ2) is 5.14. The molecule has 15 heavy (non-hydrogen) atoms. The Morgan fingerprint density at radius 2 is 2.40 bits per heavy atom. The predicted octanol–water partition coefficient (Wildman–Crippen LogP) is 2.29. The van der Waals surface area contributed by atoms with Gasteiger partial charge in [-0.25, -0.2) is 0 Å². The summed E-state index contributed by atoms with van der Waals surface area (Å²) in [6, 6.07) is 1.90. The first-order valence-corrected chi connectivity index (χ1v) is 6.15. The zero-order valence-corrected chi connectivity index (χ0v) is 10.2. The molecule has 0 aliphatic heterocycles. The van der Waals surface area contributed by atoms with Crippen LogP contribution in [0.25, 0.3) is 0 Å². The van der Waals surface area contributed by atoms with E-state index in [1.165, 1.54) is 0 Å². The van der Waals surface area contributed by atoms with Crippen LogP contribution < -0.4 is 5.32 Å². The lowest BCUT2D eigenvalue weighted by molar-refractivity contribution is 0.177. The monoisotopic (exact) mass is 273 g/mol. The molecule has 0 aromatic carbocycles. The normalized spacial score (nSPS) is 26.0. The van der Waals surface area contributed by atoms with Gasteiger partial charge >= 0.3 is 0 Å². The molecule has 1 saturated carbocycles. The summed E-state index contributed by atoms with van der Waals surface area (Å²) in [7, 11) is 0. The number of hydrogen-bond acceptors (Lipinski definition) is 3. The van der Waals surface area contributed by atoms with E-state index in [2.05, 4.69) is 21.2 Å². The minimum absolute atomic E-state index is 0.0767. The molecule has 84 valence electrons. The molecule has 2 N–H and O–H groups in total.